The zero-order chi connectivity index (χ0) is 18.0. The number of hydrogen-bond acceptors (Lipinski definition) is 2. The van der Waals surface area contributed by atoms with Gasteiger partial charge in [0, 0.05) is 29.4 Å². The fourth-order valence-corrected chi connectivity index (χ4v) is 2.95. The van der Waals surface area contributed by atoms with Crippen molar-refractivity contribution >= 4 is 16.7 Å². The zero-order valence-electron chi connectivity index (χ0n) is 13.4. The molecule has 3 rings (SSSR count). The second-order valence-corrected chi connectivity index (χ2v) is 5.74. The summed E-state index contributed by atoms with van der Waals surface area (Å²) in [6.07, 6.45) is -3.85. The first kappa shape index (κ1) is 17.1. The zero-order valence-corrected chi connectivity index (χ0v) is 13.4. The van der Waals surface area contributed by atoms with Gasteiger partial charge in [0.15, 0.2) is 0 Å². The van der Waals surface area contributed by atoms with Crippen LogP contribution in [0.5, 0.6) is 5.75 Å². The van der Waals surface area contributed by atoms with Gasteiger partial charge in [-0.3, -0.25) is 4.79 Å². The number of para-hydroxylation sites is 1. The van der Waals surface area contributed by atoms with Crippen molar-refractivity contribution in [2.45, 2.75) is 18.5 Å². The monoisotopic (exact) mass is 347 g/mol. The quantitative estimate of drug-likeness (QED) is 0.718. The molecule has 0 bridgehead atoms. The summed E-state index contributed by atoms with van der Waals surface area (Å²) in [5.41, 5.74) is 2.06. The van der Waals surface area contributed by atoms with E-state index in [1.165, 1.54) is 7.11 Å². The normalized spacial score (nSPS) is 13.0. The van der Waals surface area contributed by atoms with Gasteiger partial charge >= 0.3 is 6.18 Å². The molecule has 1 N–H and O–H groups in total. The molecule has 0 amide bonds. The summed E-state index contributed by atoms with van der Waals surface area (Å²) in [6.45, 7) is 0. The van der Waals surface area contributed by atoms with Crippen LogP contribution in [0.1, 0.15) is 23.5 Å². The number of methoxy groups -OCH3 is 1. The van der Waals surface area contributed by atoms with E-state index in [9.17, 15) is 18.0 Å². The maximum absolute atomic E-state index is 12.8. The highest BCUT2D eigenvalue weighted by Crippen LogP contribution is 2.36. The number of fused-ring (bicyclic) bond motifs is 1. The second-order valence-electron chi connectivity index (χ2n) is 5.74. The Kier molecular flexibility index (Phi) is 4.53. The van der Waals surface area contributed by atoms with E-state index < -0.39 is 24.3 Å². The lowest BCUT2D eigenvalue weighted by atomic mass is 9.86. The van der Waals surface area contributed by atoms with Gasteiger partial charge in [-0.05, 0) is 29.3 Å². The molecule has 3 aromatic rings. The number of hydrogen-bond donors (Lipinski definition) is 1. The third kappa shape index (κ3) is 3.52. The molecule has 1 aromatic heterocycles. The molecule has 25 heavy (non-hydrogen) atoms. The highest BCUT2D eigenvalue weighted by atomic mass is 19.4. The van der Waals surface area contributed by atoms with Crippen LogP contribution in [0.2, 0.25) is 0 Å². The number of benzene rings is 2. The molecule has 0 fully saturated rings. The first-order valence-electron chi connectivity index (χ1n) is 7.70. The van der Waals surface area contributed by atoms with Gasteiger partial charge in [0.25, 0.3) is 0 Å². The fourth-order valence-electron chi connectivity index (χ4n) is 2.95. The second kappa shape index (κ2) is 6.63. The number of Topliss-reactive ketones (excluding diaryl/α,β-unsaturated/α-hetero) is 1. The van der Waals surface area contributed by atoms with Gasteiger partial charge in [-0.1, -0.05) is 30.3 Å². The Morgan fingerprint density at radius 2 is 1.92 bits per heavy atom. The van der Waals surface area contributed by atoms with Crippen LogP contribution in [-0.4, -0.2) is 24.1 Å². The van der Waals surface area contributed by atoms with E-state index in [2.05, 4.69) is 4.98 Å². The summed E-state index contributed by atoms with van der Waals surface area (Å²) < 4.78 is 43.7. The van der Waals surface area contributed by atoms with E-state index in [1.54, 1.807) is 30.5 Å². The summed E-state index contributed by atoms with van der Waals surface area (Å²) in [7, 11) is 1.49. The van der Waals surface area contributed by atoms with Crippen LogP contribution in [0.3, 0.4) is 0 Å². The van der Waals surface area contributed by atoms with Crippen LogP contribution < -0.4 is 4.74 Å². The van der Waals surface area contributed by atoms with Gasteiger partial charge in [-0.25, -0.2) is 0 Å². The van der Waals surface area contributed by atoms with Gasteiger partial charge in [-0.15, -0.1) is 0 Å². The molecule has 0 aliphatic carbocycles. The van der Waals surface area contributed by atoms with Crippen LogP contribution in [0.25, 0.3) is 10.9 Å². The number of alkyl halides is 3. The van der Waals surface area contributed by atoms with E-state index in [4.69, 9.17) is 4.74 Å². The largest absolute Gasteiger partial charge is 0.497 e. The number of aromatic nitrogens is 1. The Morgan fingerprint density at radius 3 is 2.64 bits per heavy atom. The molecule has 0 aliphatic heterocycles. The maximum Gasteiger partial charge on any atom is 0.450 e. The van der Waals surface area contributed by atoms with Crippen molar-refractivity contribution < 1.29 is 22.7 Å². The van der Waals surface area contributed by atoms with Crippen LogP contribution in [0.15, 0.2) is 54.7 Å². The SMILES string of the molecule is COc1cccc([C@H](CC(=O)C(F)(F)F)c2c[nH]c3ccccc23)c1. The number of carbonyl (C=O) groups is 1. The molecule has 2 aromatic carbocycles. The van der Waals surface area contributed by atoms with E-state index >= 15 is 0 Å². The Balaban J connectivity index is 2.10. The van der Waals surface area contributed by atoms with Crippen molar-refractivity contribution in [3.05, 3.63) is 65.9 Å². The van der Waals surface area contributed by atoms with Crippen LogP contribution in [0.4, 0.5) is 13.2 Å². The number of H-pyrrole nitrogens is 1. The molecule has 0 saturated heterocycles. The van der Waals surface area contributed by atoms with Gasteiger partial charge in [-0.2, -0.15) is 13.2 Å². The fraction of sp³-hybridized carbons (Fsp3) is 0.211. The molecule has 0 spiro atoms. The maximum atomic E-state index is 12.8. The van der Waals surface area contributed by atoms with Crippen molar-refractivity contribution in [1.82, 2.24) is 4.98 Å². The summed E-state index contributed by atoms with van der Waals surface area (Å²) >= 11 is 0. The predicted molar refractivity (Wildman–Crippen MR) is 88.8 cm³/mol. The molecular weight excluding hydrogens is 331 g/mol. The standard InChI is InChI=1S/C19H16F3NO2/c1-25-13-6-4-5-12(9-13)15(10-18(24)19(20,21)22)16-11-23-17-8-3-2-7-14(16)17/h2-9,11,15,23H,10H2,1H3/t15-/m0/s1. The number of carbonyl (C=O) groups excluding carboxylic acids is 1. The van der Waals surface area contributed by atoms with Gasteiger partial charge < -0.3 is 9.72 Å². The van der Waals surface area contributed by atoms with Crippen molar-refractivity contribution in [2.24, 2.45) is 0 Å². The Labute approximate surface area is 142 Å². The highest BCUT2D eigenvalue weighted by Gasteiger charge is 2.40. The van der Waals surface area contributed by atoms with Crippen molar-refractivity contribution in [3.8, 4) is 5.75 Å². The number of aromatic amines is 1. The first-order valence-corrected chi connectivity index (χ1v) is 7.70. The minimum atomic E-state index is -4.86. The molecule has 1 atom stereocenters. The van der Waals surface area contributed by atoms with Crippen LogP contribution >= 0.6 is 0 Å². The summed E-state index contributed by atoms with van der Waals surface area (Å²) in [6, 6.07) is 14.1. The van der Waals surface area contributed by atoms with E-state index in [0.29, 0.717) is 16.9 Å². The molecule has 3 nitrogen and oxygen atoms in total. The minimum Gasteiger partial charge on any atom is -0.497 e. The number of ketones is 1. The molecular formula is C19H16F3NO2. The number of halogens is 3. The minimum absolute atomic E-state index is 0.529. The lowest BCUT2D eigenvalue weighted by Crippen LogP contribution is -2.25. The third-order valence-corrected chi connectivity index (χ3v) is 4.20. The average molecular weight is 347 g/mol. The first-order chi connectivity index (χ1) is 11.9. The van der Waals surface area contributed by atoms with Gasteiger partial charge in [0.2, 0.25) is 5.78 Å². The van der Waals surface area contributed by atoms with E-state index in [0.717, 1.165) is 10.9 Å². The molecule has 0 aliphatic rings. The van der Waals surface area contributed by atoms with Crippen molar-refractivity contribution in [2.75, 3.05) is 7.11 Å². The molecule has 0 radical (unpaired) electrons. The van der Waals surface area contributed by atoms with Crippen molar-refractivity contribution in [3.63, 3.8) is 0 Å². The smallest absolute Gasteiger partial charge is 0.450 e. The van der Waals surface area contributed by atoms with Crippen LogP contribution in [-0.2, 0) is 4.79 Å². The highest BCUT2D eigenvalue weighted by molar-refractivity contribution is 5.88. The molecule has 130 valence electrons. The van der Waals surface area contributed by atoms with Crippen LogP contribution in [0, 0.1) is 0 Å². The van der Waals surface area contributed by atoms with Crippen molar-refractivity contribution in [1.29, 1.82) is 0 Å². The molecule has 6 heteroatoms. The number of ether oxygens (including phenoxy) is 1. The van der Waals surface area contributed by atoms with Gasteiger partial charge in [0.1, 0.15) is 5.75 Å². The Morgan fingerprint density at radius 1 is 1.16 bits per heavy atom. The Bertz CT molecular complexity index is 899. The summed E-state index contributed by atoms with van der Waals surface area (Å²) in [5, 5.41) is 0.797. The Hall–Kier alpha value is -2.76. The lowest BCUT2D eigenvalue weighted by Gasteiger charge is -2.18. The van der Waals surface area contributed by atoms with E-state index in [1.807, 2.05) is 24.3 Å². The molecule has 1 heterocycles. The summed E-state index contributed by atoms with van der Waals surface area (Å²) in [4.78, 5) is 14.7. The molecule has 0 saturated carbocycles. The number of nitrogens with one attached hydrogen (secondary N) is 1. The molecule has 0 unspecified atom stereocenters. The predicted octanol–water partition coefficient (Wildman–Crippen LogP) is 4.83. The van der Waals surface area contributed by atoms with Gasteiger partial charge in [0.05, 0.1) is 7.11 Å². The van der Waals surface area contributed by atoms with E-state index in [-0.39, 0.29) is 0 Å². The summed E-state index contributed by atoms with van der Waals surface area (Å²) in [5.74, 6) is -1.94. The lowest BCUT2D eigenvalue weighted by molar-refractivity contribution is -0.171. The third-order valence-electron chi connectivity index (χ3n) is 4.20. The average Bonchev–Trinajstić information content (AvgIpc) is 3.02. The number of rotatable bonds is 5. The topological polar surface area (TPSA) is 42.1 Å².